The molecule has 6 rings (SSSR count). The molecule has 1 fully saturated rings. The maximum absolute atomic E-state index is 13.3. The minimum Gasteiger partial charge on any atom is -0.507 e. The summed E-state index contributed by atoms with van der Waals surface area (Å²) < 4.78 is 13.3. The average molecular weight is 754 g/mol. The van der Waals surface area contributed by atoms with Crippen molar-refractivity contribution in [2.24, 2.45) is 7.05 Å². The van der Waals surface area contributed by atoms with Crippen LogP contribution in [0.4, 0.5) is 5.69 Å². The van der Waals surface area contributed by atoms with Crippen molar-refractivity contribution in [1.82, 2.24) is 20.0 Å². The molecule has 284 valence electrons. The molecule has 1 aromatic heterocycles. The number of carbonyl (C=O) groups excluding carboxylic acids is 3. The number of aryl methyl sites for hydroxylation is 4. The van der Waals surface area contributed by atoms with Crippen LogP contribution in [-0.2, 0) is 27.7 Å². The number of ether oxygens (including phenoxy) is 2. The molecular weight excluding hydrogens is 706 g/mol. The third-order valence-electron chi connectivity index (χ3n) is 9.99. The molecule has 3 amide bonds. The van der Waals surface area contributed by atoms with Gasteiger partial charge in [0.05, 0.1) is 42.3 Å². The molecule has 1 atom stereocenters. The Labute approximate surface area is 321 Å². The molecule has 12 heteroatoms. The van der Waals surface area contributed by atoms with Crippen molar-refractivity contribution in [3.63, 3.8) is 0 Å². The van der Waals surface area contributed by atoms with Crippen LogP contribution < -0.4 is 10.6 Å². The number of carbonyl (C=O) groups is 3. The summed E-state index contributed by atoms with van der Waals surface area (Å²) in [4.78, 5) is 40.0. The second-order valence-corrected chi connectivity index (χ2v) is 14.3. The van der Waals surface area contributed by atoms with E-state index in [1.807, 2.05) is 51.2 Å². The molecule has 0 saturated carbocycles. The van der Waals surface area contributed by atoms with E-state index in [-0.39, 0.29) is 17.2 Å². The molecule has 0 bridgehead atoms. The first-order valence-electron chi connectivity index (χ1n) is 18.6. The number of benzene rings is 3. The van der Waals surface area contributed by atoms with Crippen LogP contribution in [0, 0.1) is 13.8 Å². The summed E-state index contributed by atoms with van der Waals surface area (Å²) in [6, 6.07) is 16.2. The lowest BCUT2D eigenvalue weighted by atomic mass is 9.91. The van der Waals surface area contributed by atoms with E-state index >= 15 is 0 Å². The van der Waals surface area contributed by atoms with Crippen molar-refractivity contribution < 1.29 is 29.0 Å². The molecule has 2 aliphatic rings. The molecular formula is C42H48ClN5O6. The van der Waals surface area contributed by atoms with Crippen LogP contribution in [0.5, 0.6) is 5.75 Å². The summed E-state index contributed by atoms with van der Waals surface area (Å²) in [5.41, 5.74) is 8.05. The fourth-order valence-corrected chi connectivity index (χ4v) is 7.35. The molecule has 0 radical (unpaired) electrons. The number of amides is 3. The Morgan fingerprint density at radius 2 is 1.70 bits per heavy atom. The predicted octanol–water partition coefficient (Wildman–Crippen LogP) is 7.37. The van der Waals surface area contributed by atoms with Gasteiger partial charge in [-0.1, -0.05) is 49.2 Å². The first-order chi connectivity index (χ1) is 26.0. The molecule has 3 aromatic carbocycles. The Bertz CT molecular complexity index is 2060. The quantitative estimate of drug-likeness (QED) is 0.0752. The third-order valence-corrected chi connectivity index (χ3v) is 10.4. The number of nitrogens with zero attached hydrogens (tertiary/aromatic N) is 3. The molecule has 3 heterocycles. The van der Waals surface area contributed by atoms with Crippen LogP contribution in [0.3, 0.4) is 0 Å². The van der Waals surface area contributed by atoms with Gasteiger partial charge in [-0.3, -0.25) is 24.0 Å². The van der Waals surface area contributed by atoms with Crippen molar-refractivity contribution in [1.29, 1.82) is 0 Å². The van der Waals surface area contributed by atoms with E-state index in [0.29, 0.717) is 67.8 Å². The van der Waals surface area contributed by atoms with Gasteiger partial charge >= 0.3 is 0 Å². The number of rotatable bonds is 17. The lowest BCUT2D eigenvalue weighted by molar-refractivity contribution is -0.125. The Morgan fingerprint density at radius 3 is 2.44 bits per heavy atom. The first-order valence-corrected chi connectivity index (χ1v) is 18.9. The molecule has 11 nitrogen and oxygen atoms in total. The van der Waals surface area contributed by atoms with Crippen molar-refractivity contribution in [3.05, 3.63) is 99.8 Å². The second kappa shape index (κ2) is 17.4. The number of piperidine rings is 1. The van der Waals surface area contributed by atoms with E-state index in [2.05, 4.69) is 28.4 Å². The van der Waals surface area contributed by atoms with Crippen LogP contribution in [0.2, 0.25) is 5.02 Å². The summed E-state index contributed by atoms with van der Waals surface area (Å²) in [5.74, 6) is -1.06. The number of anilines is 1. The summed E-state index contributed by atoms with van der Waals surface area (Å²) in [6.45, 7) is 10.1. The predicted molar refractivity (Wildman–Crippen MR) is 210 cm³/mol. The Kier molecular flexibility index (Phi) is 12.5. The van der Waals surface area contributed by atoms with Gasteiger partial charge in [0.15, 0.2) is 0 Å². The van der Waals surface area contributed by atoms with Crippen LogP contribution in [-0.4, -0.2) is 76.5 Å². The third kappa shape index (κ3) is 8.54. The van der Waals surface area contributed by atoms with Gasteiger partial charge in [0, 0.05) is 47.7 Å². The summed E-state index contributed by atoms with van der Waals surface area (Å²) in [7, 11) is 1.89. The first kappa shape index (κ1) is 38.7. The number of unbranched alkanes of at least 4 members (excludes halogenated alkanes) is 3. The van der Waals surface area contributed by atoms with Crippen molar-refractivity contribution >= 4 is 35.0 Å². The zero-order valence-electron chi connectivity index (χ0n) is 31.2. The van der Waals surface area contributed by atoms with Crippen molar-refractivity contribution in [2.45, 2.75) is 64.8 Å². The van der Waals surface area contributed by atoms with Crippen molar-refractivity contribution in [2.75, 3.05) is 38.3 Å². The van der Waals surface area contributed by atoms with E-state index < -0.39 is 17.9 Å². The highest BCUT2D eigenvalue weighted by molar-refractivity contribution is 6.31. The number of hydrogen-bond acceptors (Lipinski definition) is 8. The molecule has 2 aliphatic heterocycles. The van der Waals surface area contributed by atoms with Crippen LogP contribution in [0.15, 0.2) is 66.9 Å². The standard InChI is InChI=1S/C42H48ClN5O6/c1-26-24-30(15-17-33(26)43)37-29(14-16-31(39(37)49)36-25-28(3)46-47(36)4)10-7-5-6-8-20-53-22-23-54-21-19-44-34-12-9-11-32-38(34)42(52)48(41(32)51)35-18-13-27(2)45-40(35)50/h9,11-12,14-17,24-25,35,44,49H,2,5-8,10,13,18-23H2,1,3-4H3,(H,45,50). The molecule has 3 N–H and O–H groups in total. The molecule has 0 spiro atoms. The van der Waals surface area contributed by atoms with E-state index in [1.54, 1.807) is 22.9 Å². The number of halogens is 1. The highest BCUT2D eigenvalue weighted by atomic mass is 35.5. The minimum atomic E-state index is -0.848. The number of phenols is 1. The summed E-state index contributed by atoms with van der Waals surface area (Å²) in [5, 5.41) is 22.6. The van der Waals surface area contributed by atoms with Crippen molar-refractivity contribution in [3.8, 4) is 28.1 Å². The number of phenolic OH excluding ortho intramolecular Hbond substituents is 1. The van der Waals surface area contributed by atoms with Gasteiger partial charge < -0.3 is 25.2 Å². The normalized spacial score (nSPS) is 15.6. The monoisotopic (exact) mass is 753 g/mol. The lowest BCUT2D eigenvalue weighted by Gasteiger charge is -2.29. The fourth-order valence-electron chi connectivity index (χ4n) is 7.23. The Hall–Kier alpha value is -4.97. The SMILES string of the molecule is C=C1CCC(N2C(=O)c3cccc(NCCOCCOCCCCCCc4ccc(-c5cc(C)nn5C)c(O)c4-c4ccc(Cl)c(C)c4)c3C2=O)C(=O)N1. The van der Waals surface area contributed by atoms with Crippen LogP contribution >= 0.6 is 11.6 Å². The van der Waals surface area contributed by atoms with Crippen LogP contribution in [0.1, 0.15) is 76.1 Å². The van der Waals surface area contributed by atoms with Gasteiger partial charge in [-0.2, -0.15) is 5.10 Å². The van der Waals surface area contributed by atoms with Gasteiger partial charge in [-0.15, -0.1) is 0 Å². The van der Waals surface area contributed by atoms with Crippen LogP contribution in [0.25, 0.3) is 22.4 Å². The average Bonchev–Trinajstić information content (AvgIpc) is 3.61. The maximum Gasteiger partial charge on any atom is 0.264 e. The summed E-state index contributed by atoms with van der Waals surface area (Å²) in [6.07, 6.45) is 5.69. The van der Waals surface area contributed by atoms with Gasteiger partial charge in [-0.05, 0) is 99.0 Å². The topological polar surface area (TPSA) is 135 Å². The summed E-state index contributed by atoms with van der Waals surface area (Å²) >= 11 is 6.34. The van der Waals surface area contributed by atoms with E-state index in [1.165, 1.54) is 0 Å². The molecule has 4 aromatic rings. The number of nitrogens with one attached hydrogen (secondary N) is 2. The number of hydrogen-bond donors (Lipinski definition) is 3. The number of aromatic nitrogens is 2. The van der Waals surface area contributed by atoms with E-state index in [4.69, 9.17) is 21.1 Å². The largest absolute Gasteiger partial charge is 0.507 e. The Morgan fingerprint density at radius 1 is 0.926 bits per heavy atom. The van der Waals surface area contributed by atoms with Gasteiger partial charge in [-0.25, -0.2) is 0 Å². The Balaban J connectivity index is 0.897. The number of fused-ring (bicyclic) bond motifs is 1. The zero-order valence-corrected chi connectivity index (χ0v) is 31.9. The number of allylic oxidation sites excluding steroid dienone is 1. The van der Waals surface area contributed by atoms with E-state index in [9.17, 15) is 19.5 Å². The lowest BCUT2D eigenvalue weighted by Crippen LogP contribution is -2.51. The fraction of sp³-hybridized carbons (Fsp3) is 0.381. The maximum atomic E-state index is 13.3. The second-order valence-electron chi connectivity index (χ2n) is 13.9. The van der Waals surface area contributed by atoms with Gasteiger partial charge in [0.25, 0.3) is 11.8 Å². The van der Waals surface area contributed by atoms with E-state index in [0.717, 1.165) is 76.2 Å². The number of imide groups is 1. The minimum absolute atomic E-state index is 0.254. The highest BCUT2D eigenvalue weighted by Crippen LogP contribution is 2.42. The molecule has 1 unspecified atom stereocenters. The van der Waals surface area contributed by atoms with Gasteiger partial charge in [0.1, 0.15) is 11.8 Å². The molecule has 0 aliphatic carbocycles. The van der Waals surface area contributed by atoms with Gasteiger partial charge in [0.2, 0.25) is 5.91 Å². The zero-order chi connectivity index (χ0) is 38.4. The number of aromatic hydroxyl groups is 1. The smallest absolute Gasteiger partial charge is 0.264 e. The molecule has 1 saturated heterocycles. The molecule has 54 heavy (non-hydrogen) atoms. The highest BCUT2D eigenvalue weighted by Gasteiger charge is 2.45.